The van der Waals surface area contributed by atoms with Crippen LogP contribution in [0.4, 0.5) is 0 Å². The maximum absolute atomic E-state index is 2.23. The molecule has 64 valence electrons. The summed E-state index contributed by atoms with van der Waals surface area (Å²) in [6.45, 7) is 8.84. The van der Waals surface area contributed by atoms with Crippen molar-refractivity contribution in [3.05, 3.63) is 24.3 Å². The third kappa shape index (κ3) is 9.48. The van der Waals surface area contributed by atoms with Gasteiger partial charge in [-0.1, -0.05) is 52.0 Å². The summed E-state index contributed by atoms with van der Waals surface area (Å²) in [7, 11) is 0. The van der Waals surface area contributed by atoms with Crippen molar-refractivity contribution in [3.63, 3.8) is 0 Å². The maximum atomic E-state index is 2.23. The molecule has 0 unspecified atom stereocenters. The Bertz CT molecular complexity index is 127. The van der Waals surface area contributed by atoms with Crippen molar-refractivity contribution >= 4 is 0 Å². The molecule has 0 nitrogen and oxygen atoms in total. The fourth-order valence-electron chi connectivity index (χ4n) is 0.716. The lowest BCUT2D eigenvalue weighted by Gasteiger charge is -1.95. The molecule has 0 saturated heterocycles. The molecule has 0 saturated carbocycles. The number of hydrogen-bond acceptors (Lipinski definition) is 0. The molecule has 0 heterocycles. The summed E-state index contributed by atoms with van der Waals surface area (Å²) < 4.78 is 0. The van der Waals surface area contributed by atoms with Gasteiger partial charge in [0, 0.05) is 0 Å². The molecule has 0 aliphatic carbocycles. The van der Waals surface area contributed by atoms with E-state index in [0.29, 0.717) is 5.92 Å². The minimum atomic E-state index is 0.665. The first-order chi connectivity index (χ1) is 5.13. The van der Waals surface area contributed by atoms with E-state index in [0.717, 1.165) is 5.92 Å². The SMILES string of the molecule is CC(C)C=CC=CCC(C)C. The van der Waals surface area contributed by atoms with E-state index in [-0.39, 0.29) is 0 Å². The van der Waals surface area contributed by atoms with Crippen molar-refractivity contribution in [2.45, 2.75) is 34.1 Å². The molecule has 0 amide bonds. The van der Waals surface area contributed by atoms with Gasteiger partial charge in [0.05, 0.1) is 0 Å². The van der Waals surface area contributed by atoms with Gasteiger partial charge in [-0.05, 0) is 18.3 Å². The van der Waals surface area contributed by atoms with Crippen LogP contribution in [-0.2, 0) is 0 Å². The highest BCUT2D eigenvalue weighted by atomic mass is 13.9. The van der Waals surface area contributed by atoms with Crippen LogP contribution in [0.15, 0.2) is 24.3 Å². The Hall–Kier alpha value is -0.520. The first-order valence-corrected chi connectivity index (χ1v) is 4.46. The van der Waals surface area contributed by atoms with Gasteiger partial charge in [0.1, 0.15) is 0 Å². The Kier molecular flexibility index (Phi) is 5.91. The van der Waals surface area contributed by atoms with Crippen molar-refractivity contribution in [2.75, 3.05) is 0 Å². The second-order valence-corrected chi connectivity index (χ2v) is 3.69. The average molecular weight is 152 g/mol. The lowest BCUT2D eigenvalue weighted by atomic mass is 10.1. The van der Waals surface area contributed by atoms with E-state index in [2.05, 4.69) is 52.0 Å². The zero-order chi connectivity index (χ0) is 8.69. The van der Waals surface area contributed by atoms with Crippen molar-refractivity contribution < 1.29 is 0 Å². The van der Waals surface area contributed by atoms with E-state index in [1.807, 2.05) is 0 Å². The maximum Gasteiger partial charge on any atom is -0.0287 e. The van der Waals surface area contributed by atoms with Crippen LogP contribution in [0.5, 0.6) is 0 Å². The molecule has 0 aromatic carbocycles. The van der Waals surface area contributed by atoms with Crippen molar-refractivity contribution in [3.8, 4) is 0 Å². The average Bonchev–Trinajstić information content (AvgIpc) is 1.85. The number of rotatable bonds is 4. The van der Waals surface area contributed by atoms with Gasteiger partial charge in [-0.3, -0.25) is 0 Å². The molecule has 0 aromatic heterocycles. The fourth-order valence-corrected chi connectivity index (χ4v) is 0.716. The highest BCUT2D eigenvalue weighted by Gasteiger charge is 1.85. The second kappa shape index (κ2) is 6.21. The molecule has 0 heteroatoms. The minimum absolute atomic E-state index is 0.665. The van der Waals surface area contributed by atoms with Gasteiger partial charge in [0.15, 0.2) is 0 Å². The van der Waals surface area contributed by atoms with Crippen LogP contribution in [-0.4, -0.2) is 0 Å². The standard InChI is InChI=1S/C11H20/c1-10(2)8-6-5-7-9-11(3)4/h5-8,10-11H,9H2,1-4H3. The highest BCUT2D eigenvalue weighted by Crippen LogP contribution is 2.00. The molecule has 0 aliphatic heterocycles. The van der Waals surface area contributed by atoms with E-state index in [4.69, 9.17) is 0 Å². The molecule has 0 bridgehead atoms. The summed E-state index contributed by atoms with van der Waals surface area (Å²) in [6.07, 6.45) is 9.88. The van der Waals surface area contributed by atoms with Crippen molar-refractivity contribution in [1.29, 1.82) is 0 Å². The predicted molar refractivity (Wildman–Crippen MR) is 52.6 cm³/mol. The summed E-state index contributed by atoms with van der Waals surface area (Å²) in [6, 6.07) is 0. The predicted octanol–water partition coefficient (Wildman–Crippen LogP) is 3.80. The lowest BCUT2D eigenvalue weighted by molar-refractivity contribution is 0.664. The largest absolute Gasteiger partial charge is 0.0843 e. The molecule has 0 N–H and O–H groups in total. The Morgan fingerprint density at radius 2 is 1.64 bits per heavy atom. The van der Waals surface area contributed by atoms with E-state index in [1.54, 1.807) is 0 Å². The van der Waals surface area contributed by atoms with Crippen LogP contribution in [0.25, 0.3) is 0 Å². The summed E-state index contributed by atoms with van der Waals surface area (Å²) in [5.74, 6) is 1.44. The monoisotopic (exact) mass is 152 g/mol. The second-order valence-electron chi connectivity index (χ2n) is 3.69. The Morgan fingerprint density at radius 1 is 1.00 bits per heavy atom. The Labute approximate surface area is 71.0 Å². The highest BCUT2D eigenvalue weighted by molar-refractivity contribution is 5.03. The first kappa shape index (κ1) is 10.5. The van der Waals surface area contributed by atoms with Gasteiger partial charge in [0.25, 0.3) is 0 Å². The van der Waals surface area contributed by atoms with Crippen LogP contribution < -0.4 is 0 Å². The summed E-state index contributed by atoms with van der Waals surface area (Å²) in [4.78, 5) is 0. The zero-order valence-corrected chi connectivity index (χ0v) is 8.17. The molecule has 11 heavy (non-hydrogen) atoms. The Morgan fingerprint density at radius 3 is 2.09 bits per heavy atom. The smallest absolute Gasteiger partial charge is 0.0287 e. The molecule has 0 aliphatic rings. The van der Waals surface area contributed by atoms with Gasteiger partial charge in [-0.2, -0.15) is 0 Å². The molecule has 0 fully saturated rings. The molecule has 0 aromatic rings. The van der Waals surface area contributed by atoms with Crippen LogP contribution in [0.3, 0.4) is 0 Å². The normalized spacial score (nSPS) is 12.9. The topological polar surface area (TPSA) is 0 Å². The molecular weight excluding hydrogens is 132 g/mol. The molecule has 0 radical (unpaired) electrons. The van der Waals surface area contributed by atoms with Crippen LogP contribution in [0.2, 0.25) is 0 Å². The molecular formula is C11H20. The van der Waals surface area contributed by atoms with Crippen LogP contribution in [0.1, 0.15) is 34.1 Å². The van der Waals surface area contributed by atoms with Gasteiger partial charge >= 0.3 is 0 Å². The summed E-state index contributed by atoms with van der Waals surface area (Å²) >= 11 is 0. The minimum Gasteiger partial charge on any atom is -0.0843 e. The molecule has 0 spiro atoms. The lowest BCUT2D eigenvalue weighted by Crippen LogP contribution is -1.80. The van der Waals surface area contributed by atoms with Gasteiger partial charge in [-0.25, -0.2) is 0 Å². The molecule has 0 atom stereocenters. The van der Waals surface area contributed by atoms with Crippen molar-refractivity contribution in [2.24, 2.45) is 11.8 Å². The molecule has 0 rings (SSSR count). The van der Waals surface area contributed by atoms with Gasteiger partial charge < -0.3 is 0 Å². The summed E-state index contributed by atoms with van der Waals surface area (Å²) in [5, 5.41) is 0. The third-order valence-corrected chi connectivity index (χ3v) is 1.35. The number of allylic oxidation sites excluding steroid dienone is 4. The van der Waals surface area contributed by atoms with Gasteiger partial charge in [-0.15, -0.1) is 0 Å². The Balaban J connectivity index is 3.44. The van der Waals surface area contributed by atoms with E-state index >= 15 is 0 Å². The third-order valence-electron chi connectivity index (χ3n) is 1.35. The summed E-state index contributed by atoms with van der Waals surface area (Å²) in [5.41, 5.74) is 0. The van der Waals surface area contributed by atoms with E-state index < -0.39 is 0 Å². The van der Waals surface area contributed by atoms with Crippen LogP contribution in [0, 0.1) is 11.8 Å². The number of hydrogen-bond donors (Lipinski definition) is 0. The van der Waals surface area contributed by atoms with E-state index in [9.17, 15) is 0 Å². The zero-order valence-electron chi connectivity index (χ0n) is 8.17. The van der Waals surface area contributed by atoms with E-state index in [1.165, 1.54) is 6.42 Å². The quantitative estimate of drug-likeness (QED) is 0.537. The van der Waals surface area contributed by atoms with Crippen molar-refractivity contribution in [1.82, 2.24) is 0 Å². The first-order valence-electron chi connectivity index (χ1n) is 4.46. The van der Waals surface area contributed by atoms with Gasteiger partial charge in [0.2, 0.25) is 0 Å². The fraction of sp³-hybridized carbons (Fsp3) is 0.636. The van der Waals surface area contributed by atoms with Crippen LogP contribution >= 0.6 is 0 Å².